The Morgan fingerprint density at radius 1 is 1.57 bits per heavy atom. The van der Waals surface area contributed by atoms with Gasteiger partial charge in [-0.3, -0.25) is 0 Å². The van der Waals surface area contributed by atoms with Gasteiger partial charge in [0, 0.05) is 6.21 Å². The van der Waals surface area contributed by atoms with Crippen molar-refractivity contribution in [1.82, 2.24) is 5.32 Å². The van der Waals surface area contributed by atoms with Crippen LogP contribution in [0.1, 0.15) is 0 Å². The van der Waals surface area contributed by atoms with Crippen LogP contribution in [-0.4, -0.2) is 20.3 Å². The van der Waals surface area contributed by atoms with Crippen molar-refractivity contribution in [3.8, 4) is 0 Å². The molecule has 0 spiro atoms. The van der Waals surface area contributed by atoms with Crippen molar-refractivity contribution in [3.05, 3.63) is 12.7 Å². The van der Waals surface area contributed by atoms with Crippen molar-refractivity contribution in [2.45, 2.75) is 0 Å². The van der Waals surface area contributed by atoms with Gasteiger partial charge < -0.3 is 10.7 Å². The zero-order valence-electron chi connectivity index (χ0n) is 4.86. The molecule has 0 aromatic carbocycles. The summed E-state index contributed by atoms with van der Waals surface area (Å²) in [5, 5.41) is 8.96. The van der Waals surface area contributed by atoms with E-state index >= 15 is 0 Å². The normalized spacial score (nSPS) is 5.43. The third-order valence-electron chi connectivity index (χ3n) is 0.118. The molecule has 0 radical (unpaired) electrons. The SMILES string of the molecule is C=CC=N.CNC. The minimum absolute atomic E-state index is 1.14. The van der Waals surface area contributed by atoms with Gasteiger partial charge in [0.2, 0.25) is 0 Å². The average Bonchev–Trinajstić information content (AvgIpc) is 1.69. The lowest BCUT2D eigenvalue weighted by molar-refractivity contribution is 1.02. The Kier molecular flexibility index (Phi) is 25.1. The van der Waals surface area contributed by atoms with Crippen LogP contribution in [0, 0.1) is 5.41 Å². The van der Waals surface area contributed by atoms with E-state index in [4.69, 9.17) is 5.41 Å². The minimum Gasteiger partial charge on any atom is -0.323 e. The lowest BCUT2D eigenvalue weighted by Crippen LogP contribution is -1.89. The summed E-state index contributed by atoms with van der Waals surface area (Å²) in [5.41, 5.74) is 0. The predicted molar refractivity (Wildman–Crippen MR) is 34.0 cm³/mol. The molecule has 0 amide bonds. The molecule has 7 heavy (non-hydrogen) atoms. The smallest absolute Gasteiger partial charge is 0.0171 e. The van der Waals surface area contributed by atoms with Gasteiger partial charge in [-0.15, -0.1) is 0 Å². The highest BCUT2D eigenvalue weighted by atomic mass is 14.7. The first-order chi connectivity index (χ1) is 3.33. The molecule has 0 atom stereocenters. The van der Waals surface area contributed by atoms with Crippen LogP contribution in [-0.2, 0) is 0 Å². The molecule has 42 valence electrons. The first kappa shape index (κ1) is 9.62. The van der Waals surface area contributed by atoms with E-state index in [0.717, 1.165) is 6.21 Å². The topological polar surface area (TPSA) is 35.9 Å². The van der Waals surface area contributed by atoms with E-state index in [2.05, 4.69) is 11.9 Å². The fraction of sp³-hybridized carbons (Fsp3) is 0.400. The maximum absolute atomic E-state index is 6.21. The molecule has 0 fully saturated rings. The van der Waals surface area contributed by atoms with Gasteiger partial charge in [-0.2, -0.15) is 0 Å². The van der Waals surface area contributed by atoms with Crippen LogP contribution in [0.15, 0.2) is 12.7 Å². The summed E-state index contributed by atoms with van der Waals surface area (Å²) in [6.45, 7) is 3.24. The Morgan fingerprint density at radius 2 is 1.71 bits per heavy atom. The highest BCUT2D eigenvalue weighted by Crippen LogP contribution is 1.37. The van der Waals surface area contributed by atoms with E-state index in [1.807, 2.05) is 14.1 Å². The van der Waals surface area contributed by atoms with Crippen molar-refractivity contribution < 1.29 is 0 Å². The van der Waals surface area contributed by atoms with E-state index in [9.17, 15) is 0 Å². The molecule has 0 unspecified atom stereocenters. The molecule has 2 heteroatoms. The highest BCUT2D eigenvalue weighted by molar-refractivity contribution is 5.66. The largest absolute Gasteiger partial charge is 0.323 e. The summed E-state index contributed by atoms with van der Waals surface area (Å²) < 4.78 is 0. The predicted octanol–water partition coefficient (Wildman–Crippen LogP) is 0.658. The van der Waals surface area contributed by atoms with Crippen LogP contribution in [0.4, 0.5) is 0 Å². The maximum atomic E-state index is 6.21. The summed E-state index contributed by atoms with van der Waals surface area (Å²) in [5.74, 6) is 0. The van der Waals surface area contributed by atoms with Gasteiger partial charge in [-0.05, 0) is 14.1 Å². The fourth-order valence-corrected chi connectivity index (χ4v) is 0. The number of allylic oxidation sites excluding steroid dienone is 1. The van der Waals surface area contributed by atoms with Gasteiger partial charge in [0.25, 0.3) is 0 Å². The average molecular weight is 100 g/mol. The molecule has 2 nitrogen and oxygen atoms in total. The number of hydrogen-bond acceptors (Lipinski definition) is 2. The summed E-state index contributed by atoms with van der Waals surface area (Å²) in [7, 11) is 3.75. The molecule has 0 saturated carbocycles. The maximum Gasteiger partial charge on any atom is 0.0171 e. The molecule has 0 aliphatic heterocycles. The summed E-state index contributed by atoms with van der Waals surface area (Å²) in [4.78, 5) is 0. The minimum atomic E-state index is 1.14. The molecule has 0 aliphatic carbocycles. The van der Waals surface area contributed by atoms with E-state index in [0.29, 0.717) is 0 Å². The van der Waals surface area contributed by atoms with Gasteiger partial charge >= 0.3 is 0 Å². The second-order valence-corrected chi connectivity index (χ2v) is 0.902. The van der Waals surface area contributed by atoms with Gasteiger partial charge in [0.15, 0.2) is 0 Å². The van der Waals surface area contributed by atoms with Crippen molar-refractivity contribution >= 4 is 6.21 Å². The van der Waals surface area contributed by atoms with Crippen LogP contribution in [0.5, 0.6) is 0 Å². The summed E-state index contributed by atoms with van der Waals surface area (Å²) in [6.07, 6.45) is 2.56. The second kappa shape index (κ2) is 18.3. The lowest BCUT2D eigenvalue weighted by atomic mass is 10.7. The van der Waals surface area contributed by atoms with Crippen LogP contribution >= 0.6 is 0 Å². The van der Waals surface area contributed by atoms with Gasteiger partial charge in [-0.25, -0.2) is 0 Å². The Hall–Kier alpha value is -0.630. The summed E-state index contributed by atoms with van der Waals surface area (Å²) >= 11 is 0. The first-order valence-corrected chi connectivity index (χ1v) is 2.03. The van der Waals surface area contributed by atoms with Crippen molar-refractivity contribution in [2.24, 2.45) is 0 Å². The fourth-order valence-electron chi connectivity index (χ4n) is 0. The summed E-state index contributed by atoms with van der Waals surface area (Å²) in [6, 6.07) is 0. The number of nitrogens with one attached hydrogen (secondary N) is 2. The van der Waals surface area contributed by atoms with E-state index in [1.165, 1.54) is 6.08 Å². The molecule has 0 saturated heterocycles. The van der Waals surface area contributed by atoms with Crippen LogP contribution in [0.2, 0.25) is 0 Å². The standard InChI is InChI=1S/C3H5N.C2H7N/c1-2-3-4;1-3-2/h2-4H,1H2;3H,1-2H3. The van der Waals surface area contributed by atoms with Crippen LogP contribution in [0.25, 0.3) is 0 Å². The third kappa shape index (κ3) is 445. The highest BCUT2D eigenvalue weighted by Gasteiger charge is 1.32. The first-order valence-electron chi connectivity index (χ1n) is 2.03. The molecule has 2 N–H and O–H groups in total. The van der Waals surface area contributed by atoms with Gasteiger partial charge in [0.05, 0.1) is 0 Å². The molecular formula is C5H12N2. The van der Waals surface area contributed by atoms with Gasteiger partial charge in [-0.1, -0.05) is 12.7 Å². The molecule has 0 rings (SSSR count). The molecule has 0 heterocycles. The van der Waals surface area contributed by atoms with E-state index < -0.39 is 0 Å². The van der Waals surface area contributed by atoms with E-state index in [1.54, 1.807) is 0 Å². The Balaban J connectivity index is 0. The van der Waals surface area contributed by atoms with E-state index in [-0.39, 0.29) is 0 Å². The number of hydrogen-bond donors (Lipinski definition) is 2. The number of rotatable bonds is 1. The van der Waals surface area contributed by atoms with Crippen molar-refractivity contribution in [2.75, 3.05) is 14.1 Å². The molecule has 0 bridgehead atoms. The van der Waals surface area contributed by atoms with Crippen LogP contribution < -0.4 is 5.32 Å². The molecule has 0 aromatic heterocycles. The van der Waals surface area contributed by atoms with Crippen molar-refractivity contribution in [1.29, 1.82) is 5.41 Å². The lowest BCUT2D eigenvalue weighted by Gasteiger charge is -1.59. The second-order valence-electron chi connectivity index (χ2n) is 0.902. The third-order valence-corrected chi connectivity index (χ3v) is 0.118. The zero-order chi connectivity index (χ0) is 6.12. The van der Waals surface area contributed by atoms with Crippen molar-refractivity contribution in [3.63, 3.8) is 0 Å². The quantitative estimate of drug-likeness (QED) is 0.466. The van der Waals surface area contributed by atoms with Gasteiger partial charge in [0.1, 0.15) is 0 Å². The molecule has 0 aliphatic rings. The zero-order valence-corrected chi connectivity index (χ0v) is 4.86. The Labute approximate surface area is 44.8 Å². The van der Waals surface area contributed by atoms with Crippen LogP contribution in [0.3, 0.4) is 0 Å². The molecule has 0 aromatic rings. The Morgan fingerprint density at radius 3 is 1.71 bits per heavy atom. The molecular weight excluding hydrogens is 88.1 g/mol. The Bertz CT molecular complexity index is 35.3. The monoisotopic (exact) mass is 100 g/mol.